The van der Waals surface area contributed by atoms with E-state index in [1.165, 1.54) is 13.0 Å². The number of rotatable bonds is 3. The third-order valence-corrected chi connectivity index (χ3v) is 2.26. The number of hydrogen-bond donors (Lipinski definition) is 0. The Morgan fingerprint density at radius 2 is 2.27 bits per heavy atom. The summed E-state index contributed by atoms with van der Waals surface area (Å²) < 4.78 is 5.23. The van der Waals surface area contributed by atoms with Crippen LogP contribution in [0.2, 0.25) is 5.02 Å². The van der Waals surface area contributed by atoms with Gasteiger partial charge in [-0.05, 0) is 26.0 Å². The van der Waals surface area contributed by atoms with Gasteiger partial charge in [-0.1, -0.05) is 11.6 Å². The van der Waals surface area contributed by atoms with Crippen LogP contribution in [0, 0.1) is 11.3 Å². The zero-order chi connectivity index (χ0) is 11.4. The molecule has 0 aliphatic heterocycles. The van der Waals surface area contributed by atoms with E-state index in [0.717, 1.165) is 0 Å². The summed E-state index contributed by atoms with van der Waals surface area (Å²) in [7, 11) is 0. The minimum atomic E-state index is -0.121. The fourth-order valence-corrected chi connectivity index (χ4v) is 1.35. The van der Waals surface area contributed by atoms with Gasteiger partial charge in [-0.25, -0.2) is 0 Å². The Morgan fingerprint density at radius 3 is 2.73 bits per heavy atom. The van der Waals surface area contributed by atoms with Crippen molar-refractivity contribution >= 4 is 17.4 Å². The Hall–Kier alpha value is -1.53. The molecule has 0 bridgehead atoms. The lowest BCUT2D eigenvalue weighted by Gasteiger charge is -2.08. The van der Waals surface area contributed by atoms with Crippen molar-refractivity contribution in [3.05, 3.63) is 28.3 Å². The monoisotopic (exact) mass is 223 g/mol. The summed E-state index contributed by atoms with van der Waals surface area (Å²) in [6, 6.07) is 4.94. The average Bonchev–Trinajstić information content (AvgIpc) is 2.21. The van der Waals surface area contributed by atoms with Crippen molar-refractivity contribution in [3.8, 4) is 11.8 Å². The summed E-state index contributed by atoms with van der Waals surface area (Å²) in [5, 5.41) is 9.07. The highest BCUT2D eigenvalue weighted by Crippen LogP contribution is 2.29. The van der Waals surface area contributed by atoms with Gasteiger partial charge in [0.15, 0.2) is 5.78 Å². The first-order valence-electron chi connectivity index (χ1n) is 4.47. The van der Waals surface area contributed by atoms with Crippen molar-refractivity contribution in [1.29, 1.82) is 5.26 Å². The normalized spacial score (nSPS) is 9.47. The third kappa shape index (κ3) is 2.48. The molecular formula is C11H10ClNO2. The van der Waals surface area contributed by atoms with Crippen LogP contribution in [0.4, 0.5) is 0 Å². The number of ether oxygens (including phenoxy) is 1. The van der Waals surface area contributed by atoms with Gasteiger partial charge in [-0.15, -0.1) is 0 Å². The Balaban J connectivity index is 3.33. The van der Waals surface area contributed by atoms with E-state index in [2.05, 4.69) is 0 Å². The SMILES string of the molecule is CCOc1cc(C(C)=O)cc(C#N)c1Cl. The zero-order valence-corrected chi connectivity index (χ0v) is 9.26. The first-order valence-corrected chi connectivity index (χ1v) is 4.85. The molecule has 0 radical (unpaired) electrons. The van der Waals surface area contributed by atoms with Crippen LogP contribution >= 0.6 is 11.6 Å². The third-order valence-electron chi connectivity index (χ3n) is 1.87. The van der Waals surface area contributed by atoms with Crippen molar-refractivity contribution in [3.63, 3.8) is 0 Å². The molecule has 0 aliphatic carbocycles. The van der Waals surface area contributed by atoms with E-state index in [4.69, 9.17) is 21.6 Å². The van der Waals surface area contributed by atoms with E-state index in [0.29, 0.717) is 17.9 Å². The molecule has 0 spiro atoms. The maximum absolute atomic E-state index is 11.2. The van der Waals surface area contributed by atoms with Crippen molar-refractivity contribution in [2.24, 2.45) is 0 Å². The molecule has 0 saturated carbocycles. The highest BCUT2D eigenvalue weighted by atomic mass is 35.5. The van der Waals surface area contributed by atoms with Crippen LogP contribution in [0.25, 0.3) is 0 Å². The van der Waals surface area contributed by atoms with Crippen LogP contribution in [0.3, 0.4) is 0 Å². The summed E-state index contributed by atoms with van der Waals surface area (Å²) in [5.41, 5.74) is 0.687. The number of Topliss-reactive ketones (excluding diaryl/α,β-unsaturated/α-hetero) is 1. The fourth-order valence-electron chi connectivity index (χ4n) is 1.14. The zero-order valence-electron chi connectivity index (χ0n) is 8.50. The number of carbonyl (C=O) groups excluding carboxylic acids is 1. The van der Waals surface area contributed by atoms with E-state index < -0.39 is 0 Å². The van der Waals surface area contributed by atoms with E-state index in [-0.39, 0.29) is 16.4 Å². The lowest BCUT2D eigenvalue weighted by Crippen LogP contribution is -1.99. The van der Waals surface area contributed by atoms with E-state index in [1.54, 1.807) is 6.07 Å². The molecule has 1 aromatic carbocycles. The molecule has 78 valence electrons. The van der Waals surface area contributed by atoms with Gasteiger partial charge in [0.25, 0.3) is 0 Å². The first-order chi connectivity index (χ1) is 7.10. The summed E-state index contributed by atoms with van der Waals surface area (Å²) >= 11 is 5.91. The van der Waals surface area contributed by atoms with Gasteiger partial charge in [0.2, 0.25) is 0 Å². The summed E-state index contributed by atoms with van der Waals surface area (Å²) in [5.74, 6) is 0.257. The van der Waals surface area contributed by atoms with Crippen LogP contribution in [0.1, 0.15) is 29.8 Å². The summed E-state index contributed by atoms with van der Waals surface area (Å²) in [6.45, 7) is 3.68. The van der Waals surface area contributed by atoms with E-state index in [9.17, 15) is 4.79 Å². The molecule has 0 aliphatic rings. The van der Waals surface area contributed by atoms with Crippen molar-refractivity contribution in [2.45, 2.75) is 13.8 Å². The van der Waals surface area contributed by atoms with Gasteiger partial charge in [-0.3, -0.25) is 4.79 Å². The second-order valence-electron chi connectivity index (χ2n) is 2.94. The molecule has 3 nitrogen and oxygen atoms in total. The van der Waals surface area contributed by atoms with Gasteiger partial charge in [-0.2, -0.15) is 5.26 Å². The minimum Gasteiger partial charge on any atom is -0.492 e. The van der Waals surface area contributed by atoms with Crippen molar-refractivity contribution in [1.82, 2.24) is 0 Å². The van der Waals surface area contributed by atoms with Crippen molar-refractivity contribution in [2.75, 3.05) is 6.61 Å². The average molecular weight is 224 g/mol. The Morgan fingerprint density at radius 1 is 1.60 bits per heavy atom. The van der Waals surface area contributed by atoms with Crippen LogP contribution in [-0.2, 0) is 0 Å². The molecule has 0 N–H and O–H groups in total. The number of ketones is 1. The molecular weight excluding hydrogens is 214 g/mol. The van der Waals surface area contributed by atoms with E-state index >= 15 is 0 Å². The van der Waals surface area contributed by atoms with Gasteiger partial charge < -0.3 is 4.74 Å². The number of nitrogens with zero attached hydrogens (tertiary/aromatic N) is 1. The molecule has 1 aromatic rings. The Labute approximate surface area is 93.2 Å². The first kappa shape index (κ1) is 11.5. The second kappa shape index (κ2) is 4.81. The predicted molar refractivity (Wildman–Crippen MR) is 57.3 cm³/mol. The van der Waals surface area contributed by atoms with Crippen LogP contribution in [-0.4, -0.2) is 12.4 Å². The number of carbonyl (C=O) groups is 1. The van der Waals surface area contributed by atoms with Gasteiger partial charge in [0.05, 0.1) is 12.2 Å². The second-order valence-corrected chi connectivity index (χ2v) is 3.31. The molecule has 0 saturated heterocycles. The number of hydrogen-bond acceptors (Lipinski definition) is 3. The minimum absolute atomic E-state index is 0.121. The molecule has 0 heterocycles. The molecule has 4 heteroatoms. The van der Waals surface area contributed by atoms with Gasteiger partial charge in [0, 0.05) is 5.56 Å². The van der Waals surface area contributed by atoms with E-state index in [1.807, 2.05) is 13.0 Å². The maximum atomic E-state index is 11.2. The molecule has 0 fully saturated rings. The largest absolute Gasteiger partial charge is 0.492 e. The van der Waals surface area contributed by atoms with Crippen molar-refractivity contribution < 1.29 is 9.53 Å². The highest BCUT2D eigenvalue weighted by molar-refractivity contribution is 6.33. The highest BCUT2D eigenvalue weighted by Gasteiger charge is 2.11. The van der Waals surface area contributed by atoms with Gasteiger partial charge in [0.1, 0.15) is 16.8 Å². The number of benzene rings is 1. The lowest BCUT2D eigenvalue weighted by atomic mass is 10.1. The maximum Gasteiger partial charge on any atom is 0.159 e. The Bertz CT molecular complexity index is 435. The van der Waals surface area contributed by atoms with Crippen LogP contribution in [0.5, 0.6) is 5.75 Å². The number of halogens is 1. The molecule has 0 atom stereocenters. The smallest absolute Gasteiger partial charge is 0.159 e. The molecule has 0 unspecified atom stereocenters. The number of nitriles is 1. The van der Waals surface area contributed by atoms with Crippen LogP contribution in [0.15, 0.2) is 12.1 Å². The standard InChI is InChI=1S/C11H10ClNO2/c1-3-15-10-5-8(7(2)14)4-9(6-13)11(10)12/h4-5H,3H2,1-2H3. The molecule has 1 rings (SSSR count). The fraction of sp³-hybridized carbons (Fsp3) is 0.273. The predicted octanol–water partition coefficient (Wildman–Crippen LogP) is 2.81. The molecule has 0 amide bonds. The lowest BCUT2D eigenvalue weighted by molar-refractivity contribution is 0.101. The molecule has 15 heavy (non-hydrogen) atoms. The van der Waals surface area contributed by atoms with Gasteiger partial charge >= 0.3 is 0 Å². The van der Waals surface area contributed by atoms with Crippen LogP contribution < -0.4 is 4.74 Å². The topological polar surface area (TPSA) is 50.1 Å². The quantitative estimate of drug-likeness (QED) is 0.741. The summed E-state index contributed by atoms with van der Waals surface area (Å²) in [6.07, 6.45) is 0. The molecule has 0 aromatic heterocycles. The Kier molecular flexibility index (Phi) is 3.70. The summed E-state index contributed by atoms with van der Waals surface area (Å²) in [4.78, 5) is 11.2.